The molecule has 0 radical (unpaired) electrons. The van der Waals surface area contributed by atoms with Gasteiger partial charge in [-0.2, -0.15) is 0 Å². The van der Waals surface area contributed by atoms with Crippen molar-refractivity contribution < 1.29 is 14.3 Å². The van der Waals surface area contributed by atoms with E-state index in [-0.39, 0.29) is 17.6 Å². The minimum Gasteiger partial charge on any atom is -0.474 e. The number of pyridine rings is 2. The van der Waals surface area contributed by atoms with Crippen molar-refractivity contribution in [1.29, 1.82) is 0 Å². The lowest BCUT2D eigenvalue weighted by Gasteiger charge is -2.45. The number of allylic oxidation sites excluding steroid dienone is 1. The van der Waals surface area contributed by atoms with Crippen molar-refractivity contribution in [2.45, 2.75) is 39.3 Å². The summed E-state index contributed by atoms with van der Waals surface area (Å²) in [5, 5.41) is 0. The Morgan fingerprint density at radius 1 is 1.29 bits per heavy atom. The summed E-state index contributed by atoms with van der Waals surface area (Å²) in [6, 6.07) is 6.14. The average molecular weight is 418 g/mol. The molecule has 2 aliphatic heterocycles. The van der Waals surface area contributed by atoms with Crippen molar-refractivity contribution in [3.05, 3.63) is 52.5 Å². The van der Waals surface area contributed by atoms with Gasteiger partial charge in [-0.3, -0.25) is 19.5 Å². The lowest BCUT2D eigenvalue weighted by molar-refractivity contribution is -0.114. The minimum atomic E-state index is 0.0318. The molecule has 160 valence electrons. The molecular weight excluding hydrogens is 392 g/mol. The van der Waals surface area contributed by atoms with Crippen LogP contribution >= 0.6 is 0 Å². The molecule has 1 atom stereocenters. The molecule has 7 nitrogen and oxygen atoms in total. The maximum Gasteiger partial charge on any atom is 0.238 e. The molecule has 7 heteroatoms. The number of carbonyl (C=O) groups excluding carboxylic acids is 2. The number of piperazine rings is 1. The standard InChI is InChI=1S/C24H26N4O3/c1-3-22(29)19-4-5-21-24(26-19)31-14-18-13-27(6-7-28(18)21)12-16-9-17-10-23(30)15(2)8-20(17)25-11-16/h4-5,8-9,11,18H,3,6-7,10,12-14H2,1-2H3/t18-/m0/s1. The Morgan fingerprint density at radius 3 is 3.00 bits per heavy atom. The van der Waals surface area contributed by atoms with Crippen LogP contribution in [0.25, 0.3) is 6.08 Å². The zero-order chi connectivity index (χ0) is 21.5. The van der Waals surface area contributed by atoms with Crippen LogP contribution in [0.5, 0.6) is 5.88 Å². The third kappa shape index (κ3) is 3.74. The fourth-order valence-electron chi connectivity index (χ4n) is 4.58. The van der Waals surface area contributed by atoms with Gasteiger partial charge in [0.1, 0.15) is 18.0 Å². The van der Waals surface area contributed by atoms with Gasteiger partial charge in [0.15, 0.2) is 11.6 Å². The first-order valence-electron chi connectivity index (χ1n) is 10.9. The highest BCUT2D eigenvalue weighted by Gasteiger charge is 2.34. The highest BCUT2D eigenvalue weighted by Crippen LogP contribution is 2.34. The van der Waals surface area contributed by atoms with Gasteiger partial charge in [-0.25, -0.2) is 4.98 Å². The largest absolute Gasteiger partial charge is 0.474 e. The summed E-state index contributed by atoms with van der Waals surface area (Å²) in [5.74, 6) is 0.774. The molecule has 0 saturated carbocycles. The number of anilines is 1. The summed E-state index contributed by atoms with van der Waals surface area (Å²) in [7, 11) is 0. The van der Waals surface area contributed by atoms with Gasteiger partial charge in [0.25, 0.3) is 0 Å². The number of ether oxygens (including phenoxy) is 1. The van der Waals surface area contributed by atoms with Crippen LogP contribution in [0.15, 0.2) is 30.0 Å². The van der Waals surface area contributed by atoms with Gasteiger partial charge in [-0.05, 0) is 41.8 Å². The molecule has 1 aliphatic carbocycles. The molecule has 2 aromatic rings. The van der Waals surface area contributed by atoms with Gasteiger partial charge in [0.05, 0.1) is 11.7 Å². The molecule has 3 aliphatic rings. The number of carbonyl (C=O) groups is 2. The van der Waals surface area contributed by atoms with Crippen LogP contribution in [-0.2, 0) is 17.8 Å². The molecule has 4 heterocycles. The summed E-state index contributed by atoms with van der Waals surface area (Å²) < 4.78 is 5.94. The highest BCUT2D eigenvalue weighted by molar-refractivity contribution is 6.02. The maximum absolute atomic E-state index is 12.0. The normalized spacial score (nSPS) is 20.3. The molecule has 31 heavy (non-hydrogen) atoms. The Bertz CT molecular complexity index is 1090. The van der Waals surface area contributed by atoms with E-state index < -0.39 is 0 Å². The van der Waals surface area contributed by atoms with Crippen molar-refractivity contribution in [3.8, 4) is 5.88 Å². The van der Waals surface area contributed by atoms with E-state index in [1.54, 1.807) is 6.07 Å². The second kappa shape index (κ2) is 7.89. The molecule has 1 saturated heterocycles. The van der Waals surface area contributed by atoms with E-state index in [0.717, 1.165) is 54.3 Å². The SMILES string of the molecule is CCC(=O)c1ccc2c(n1)OC[C@@H]1CN(Cc3cnc4c(c3)CC(=O)C(C)=C4)CCN21. The first kappa shape index (κ1) is 19.9. The molecule has 0 aromatic carbocycles. The van der Waals surface area contributed by atoms with Gasteiger partial charge in [0, 0.05) is 45.2 Å². The monoisotopic (exact) mass is 418 g/mol. The van der Waals surface area contributed by atoms with Gasteiger partial charge in [-0.15, -0.1) is 0 Å². The number of nitrogens with zero attached hydrogens (tertiary/aromatic N) is 4. The smallest absolute Gasteiger partial charge is 0.238 e. The lowest BCUT2D eigenvalue weighted by atomic mass is 9.94. The molecule has 5 rings (SSSR count). The van der Waals surface area contributed by atoms with Crippen molar-refractivity contribution in [1.82, 2.24) is 14.9 Å². The van der Waals surface area contributed by atoms with Crippen LogP contribution in [0.1, 0.15) is 47.6 Å². The second-order valence-corrected chi connectivity index (χ2v) is 8.51. The van der Waals surface area contributed by atoms with E-state index in [9.17, 15) is 9.59 Å². The van der Waals surface area contributed by atoms with Gasteiger partial charge in [-0.1, -0.05) is 13.0 Å². The zero-order valence-corrected chi connectivity index (χ0v) is 17.9. The lowest BCUT2D eigenvalue weighted by Crippen LogP contribution is -2.57. The van der Waals surface area contributed by atoms with Crippen LogP contribution < -0.4 is 9.64 Å². The molecular formula is C24H26N4O3. The maximum atomic E-state index is 12.0. The third-order valence-corrected chi connectivity index (χ3v) is 6.34. The fraction of sp³-hybridized carbons (Fsp3) is 0.417. The van der Waals surface area contributed by atoms with E-state index in [0.29, 0.717) is 31.0 Å². The number of ketones is 2. The molecule has 0 spiro atoms. The minimum absolute atomic E-state index is 0.0318. The number of fused-ring (bicyclic) bond motifs is 4. The average Bonchev–Trinajstić information content (AvgIpc) is 2.79. The van der Waals surface area contributed by atoms with Gasteiger partial charge < -0.3 is 9.64 Å². The summed E-state index contributed by atoms with van der Waals surface area (Å²) in [4.78, 5) is 37.8. The quantitative estimate of drug-likeness (QED) is 0.707. The molecule has 0 unspecified atom stereocenters. The highest BCUT2D eigenvalue weighted by atomic mass is 16.5. The van der Waals surface area contributed by atoms with Crippen LogP contribution in [0.3, 0.4) is 0 Å². The second-order valence-electron chi connectivity index (χ2n) is 8.51. The van der Waals surface area contributed by atoms with Gasteiger partial charge >= 0.3 is 0 Å². The molecule has 0 N–H and O–H groups in total. The molecule has 2 aromatic heterocycles. The van der Waals surface area contributed by atoms with E-state index >= 15 is 0 Å². The Hall–Kier alpha value is -3.06. The van der Waals surface area contributed by atoms with E-state index in [2.05, 4.69) is 25.8 Å². The molecule has 1 fully saturated rings. The predicted molar refractivity (Wildman–Crippen MR) is 117 cm³/mol. The van der Waals surface area contributed by atoms with Crippen molar-refractivity contribution in [2.24, 2.45) is 0 Å². The Kier molecular flexibility index (Phi) is 5.06. The number of hydrogen-bond acceptors (Lipinski definition) is 7. The Labute approximate surface area is 181 Å². The number of aromatic nitrogens is 2. The Morgan fingerprint density at radius 2 is 2.16 bits per heavy atom. The van der Waals surface area contributed by atoms with Crippen molar-refractivity contribution in [2.75, 3.05) is 31.1 Å². The summed E-state index contributed by atoms with van der Waals surface area (Å²) in [5.41, 5.74) is 5.29. The van der Waals surface area contributed by atoms with Crippen LogP contribution in [0.4, 0.5) is 5.69 Å². The number of rotatable bonds is 4. The Balaban J connectivity index is 1.28. The summed E-state index contributed by atoms with van der Waals surface area (Å²) in [6.07, 6.45) is 4.69. The molecule has 0 amide bonds. The van der Waals surface area contributed by atoms with E-state index in [1.807, 2.05) is 32.2 Å². The third-order valence-electron chi connectivity index (χ3n) is 6.34. The van der Waals surface area contributed by atoms with Crippen LogP contribution in [0.2, 0.25) is 0 Å². The van der Waals surface area contributed by atoms with E-state index in [1.165, 1.54) is 0 Å². The summed E-state index contributed by atoms with van der Waals surface area (Å²) >= 11 is 0. The van der Waals surface area contributed by atoms with Crippen molar-refractivity contribution >= 4 is 23.3 Å². The zero-order valence-electron chi connectivity index (χ0n) is 17.9. The van der Waals surface area contributed by atoms with Gasteiger partial charge in [0.2, 0.25) is 5.88 Å². The van der Waals surface area contributed by atoms with Crippen LogP contribution in [-0.4, -0.2) is 58.7 Å². The molecule has 0 bridgehead atoms. The van der Waals surface area contributed by atoms with Crippen LogP contribution in [0, 0.1) is 0 Å². The summed E-state index contributed by atoms with van der Waals surface area (Å²) in [6.45, 7) is 7.72. The first-order chi connectivity index (χ1) is 15.0. The fourth-order valence-corrected chi connectivity index (χ4v) is 4.58. The number of hydrogen-bond donors (Lipinski definition) is 0. The number of Topliss-reactive ketones (excluding diaryl/α,β-unsaturated/α-hetero) is 2. The first-order valence-corrected chi connectivity index (χ1v) is 10.9. The van der Waals surface area contributed by atoms with Crippen molar-refractivity contribution in [3.63, 3.8) is 0 Å². The predicted octanol–water partition coefficient (Wildman–Crippen LogP) is 2.68. The topological polar surface area (TPSA) is 75.6 Å². The van der Waals surface area contributed by atoms with E-state index in [4.69, 9.17) is 4.74 Å².